The Balaban J connectivity index is 1.50. The molecule has 0 aromatic carbocycles. The molecule has 0 bridgehead atoms. The van der Waals surface area contributed by atoms with Crippen molar-refractivity contribution in [3.05, 3.63) is 44.3 Å². The van der Waals surface area contributed by atoms with Gasteiger partial charge in [-0.15, -0.1) is 0 Å². The van der Waals surface area contributed by atoms with Crippen molar-refractivity contribution in [2.75, 3.05) is 13.1 Å². The molecule has 4 atom stereocenters. The minimum absolute atomic E-state index is 0.0154. The minimum atomic E-state index is -3.18. The number of piperidine rings is 1. The number of halogens is 5. The monoisotopic (exact) mass is 433 g/mol. The molecule has 0 saturated carbocycles. The first-order chi connectivity index (χ1) is 13.3. The quantitative estimate of drug-likeness (QED) is 0.730. The second kappa shape index (κ2) is 6.21. The Kier molecular flexibility index (Phi) is 4.09. The van der Waals surface area contributed by atoms with Gasteiger partial charge in [-0.3, -0.25) is 14.5 Å². The van der Waals surface area contributed by atoms with Crippen LogP contribution in [0, 0.1) is 5.92 Å². The first-order valence-electron chi connectivity index (χ1n) is 9.01. The van der Waals surface area contributed by atoms with Crippen LogP contribution in [0.4, 0.5) is 13.2 Å². The highest BCUT2D eigenvalue weighted by molar-refractivity contribution is 6.34. The molecule has 28 heavy (non-hydrogen) atoms. The summed E-state index contributed by atoms with van der Waals surface area (Å²) in [6.45, 7) is 0.220. The van der Waals surface area contributed by atoms with Crippen molar-refractivity contribution in [2.24, 2.45) is 5.92 Å². The maximum absolute atomic E-state index is 14.9. The third-order valence-corrected chi connectivity index (χ3v) is 6.59. The molecule has 2 fully saturated rings. The van der Waals surface area contributed by atoms with Crippen LogP contribution in [-0.2, 0) is 13.0 Å². The van der Waals surface area contributed by atoms with Gasteiger partial charge in [-0.2, -0.15) is 5.10 Å². The van der Waals surface area contributed by atoms with Gasteiger partial charge in [0.15, 0.2) is 0 Å². The van der Waals surface area contributed by atoms with Crippen molar-refractivity contribution >= 4 is 23.2 Å². The van der Waals surface area contributed by atoms with E-state index in [0.717, 1.165) is 0 Å². The van der Waals surface area contributed by atoms with Gasteiger partial charge in [-0.05, 0) is 12.5 Å². The molecule has 3 aliphatic heterocycles. The largest absolute Gasteiger partial charge is 0.346 e. The Morgan fingerprint density at radius 3 is 2.79 bits per heavy atom. The number of fused-ring (bicyclic) bond motifs is 4. The second-order valence-electron chi connectivity index (χ2n) is 7.61. The molecule has 2 aromatic rings. The van der Waals surface area contributed by atoms with Gasteiger partial charge in [0.2, 0.25) is 0 Å². The van der Waals surface area contributed by atoms with Gasteiger partial charge in [0.05, 0.1) is 28.3 Å². The van der Waals surface area contributed by atoms with E-state index in [1.54, 1.807) is 0 Å². The molecule has 0 aliphatic carbocycles. The third kappa shape index (κ3) is 2.55. The average molecular weight is 434 g/mol. The van der Waals surface area contributed by atoms with Gasteiger partial charge in [-0.25, -0.2) is 22.6 Å². The lowest BCUT2D eigenvalue weighted by Crippen LogP contribution is -2.73. The maximum Gasteiger partial charge on any atom is 0.346 e. The highest BCUT2D eigenvalue weighted by Crippen LogP contribution is 2.51. The fourth-order valence-corrected chi connectivity index (χ4v) is 5.19. The number of pyridine rings is 1. The molecule has 0 amide bonds. The summed E-state index contributed by atoms with van der Waals surface area (Å²) >= 11 is 12.0. The highest BCUT2D eigenvalue weighted by atomic mass is 35.5. The summed E-state index contributed by atoms with van der Waals surface area (Å²) in [5, 5.41) is 4.99. The van der Waals surface area contributed by atoms with E-state index in [2.05, 4.69) is 10.1 Å². The number of rotatable bonds is 2. The third-order valence-electron chi connectivity index (χ3n) is 6.05. The van der Waals surface area contributed by atoms with E-state index >= 15 is 0 Å². The Morgan fingerprint density at radius 1 is 1.29 bits per heavy atom. The lowest BCUT2D eigenvalue weighted by Gasteiger charge is -2.57. The first-order valence-corrected chi connectivity index (χ1v) is 9.77. The molecule has 2 saturated heterocycles. The van der Waals surface area contributed by atoms with Crippen LogP contribution in [0.5, 0.6) is 0 Å². The van der Waals surface area contributed by atoms with Crippen LogP contribution in [0.15, 0.2) is 17.1 Å². The summed E-state index contributed by atoms with van der Waals surface area (Å²) in [7, 11) is 0. The maximum atomic E-state index is 14.9. The molecule has 6 nitrogen and oxygen atoms in total. The van der Waals surface area contributed by atoms with Crippen LogP contribution in [-0.4, -0.2) is 55.5 Å². The van der Waals surface area contributed by atoms with Crippen molar-refractivity contribution in [3.8, 4) is 0 Å². The molecule has 0 N–H and O–H groups in total. The SMILES string of the molecule is O=c1n(Cc2ncc(Cl)cc2Cl)nc2n1C1CN3CC(F)C3C(F)(F)C1CC2. The summed E-state index contributed by atoms with van der Waals surface area (Å²) in [6.07, 6.45) is 0.309. The van der Waals surface area contributed by atoms with Crippen LogP contribution in [0.2, 0.25) is 10.0 Å². The zero-order valence-corrected chi connectivity index (χ0v) is 16.0. The summed E-state index contributed by atoms with van der Waals surface area (Å²) in [5.41, 5.74) is -0.0682. The number of nitrogens with zero attached hydrogens (tertiary/aromatic N) is 5. The van der Waals surface area contributed by atoms with Crippen LogP contribution < -0.4 is 5.69 Å². The van der Waals surface area contributed by atoms with Crippen molar-refractivity contribution in [1.82, 2.24) is 24.2 Å². The average Bonchev–Trinajstić information content (AvgIpc) is 2.92. The molecule has 4 unspecified atom stereocenters. The lowest BCUT2D eigenvalue weighted by molar-refractivity contribution is -0.234. The first kappa shape index (κ1) is 18.4. The number of hydrogen-bond acceptors (Lipinski definition) is 4. The van der Waals surface area contributed by atoms with E-state index in [1.807, 2.05) is 0 Å². The lowest BCUT2D eigenvalue weighted by atomic mass is 9.73. The fraction of sp³-hybridized carbons (Fsp3) is 0.588. The molecular formula is C17H16Cl2F3N5O. The summed E-state index contributed by atoms with van der Waals surface area (Å²) in [4.78, 5) is 18.5. The zero-order valence-electron chi connectivity index (χ0n) is 14.5. The number of aryl methyl sites for hydroxylation is 1. The predicted molar refractivity (Wildman–Crippen MR) is 95.9 cm³/mol. The smallest absolute Gasteiger partial charge is 0.287 e. The van der Waals surface area contributed by atoms with Gasteiger partial charge in [0.25, 0.3) is 5.92 Å². The topological polar surface area (TPSA) is 56.0 Å². The number of alkyl halides is 3. The molecule has 5 heterocycles. The minimum Gasteiger partial charge on any atom is -0.287 e. The Hall–Kier alpha value is -1.58. The molecule has 0 radical (unpaired) electrons. The van der Waals surface area contributed by atoms with Gasteiger partial charge in [-0.1, -0.05) is 23.2 Å². The second-order valence-corrected chi connectivity index (χ2v) is 8.45. The van der Waals surface area contributed by atoms with Gasteiger partial charge in [0, 0.05) is 31.6 Å². The van der Waals surface area contributed by atoms with Crippen LogP contribution in [0.25, 0.3) is 0 Å². The van der Waals surface area contributed by atoms with Crippen LogP contribution in [0.3, 0.4) is 0 Å². The molecule has 0 spiro atoms. The Morgan fingerprint density at radius 2 is 2.07 bits per heavy atom. The summed E-state index contributed by atoms with van der Waals surface area (Å²) in [6, 6.07) is -0.586. The van der Waals surface area contributed by atoms with Crippen molar-refractivity contribution in [2.45, 2.75) is 43.6 Å². The standard InChI is InChI=1S/C17H16Cl2F3N5O/c18-8-3-10(19)12(23-4-8)6-26-16(28)27-13-7-25-5-11(20)15(25)17(21,22)9(13)1-2-14(27)24-26/h3-4,9,11,13,15H,1-2,5-7H2. The van der Waals surface area contributed by atoms with Gasteiger partial charge >= 0.3 is 5.69 Å². The zero-order chi connectivity index (χ0) is 19.8. The molecular weight excluding hydrogens is 418 g/mol. The molecule has 150 valence electrons. The van der Waals surface area contributed by atoms with Crippen LogP contribution in [0.1, 0.15) is 24.0 Å². The van der Waals surface area contributed by atoms with Crippen molar-refractivity contribution in [1.29, 1.82) is 0 Å². The van der Waals surface area contributed by atoms with Gasteiger partial charge < -0.3 is 0 Å². The molecule has 2 aromatic heterocycles. The number of aromatic nitrogens is 4. The summed E-state index contributed by atoms with van der Waals surface area (Å²) in [5.74, 6) is -3.80. The molecule has 5 rings (SSSR count). The van der Waals surface area contributed by atoms with E-state index < -0.39 is 35.8 Å². The van der Waals surface area contributed by atoms with E-state index in [-0.39, 0.29) is 32.5 Å². The van der Waals surface area contributed by atoms with Crippen molar-refractivity contribution < 1.29 is 13.2 Å². The van der Waals surface area contributed by atoms with E-state index in [9.17, 15) is 18.0 Å². The Bertz CT molecular complexity index is 1010. The highest BCUT2D eigenvalue weighted by Gasteiger charge is 2.65. The van der Waals surface area contributed by atoms with E-state index in [0.29, 0.717) is 21.6 Å². The normalized spacial score (nSPS) is 30.9. The van der Waals surface area contributed by atoms with E-state index in [1.165, 1.54) is 26.4 Å². The van der Waals surface area contributed by atoms with Gasteiger partial charge in [0.1, 0.15) is 18.0 Å². The Labute approximate surface area is 167 Å². The fourth-order valence-electron chi connectivity index (χ4n) is 4.75. The van der Waals surface area contributed by atoms with Crippen LogP contribution >= 0.6 is 23.2 Å². The molecule has 3 aliphatic rings. The predicted octanol–water partition coefficient (Wildman–Crippen LogP) is 2.57. The molecule has 11 heteroatoms. The van der Waals surface area contributed by atoms with E-state index in [4.69, 9.17) is 23.2 Å². The van der Waals surface area contributed by atoms with Crippen molar-refractivity contribution in [3.63, 3.8) is 0 Å². The number of hydrogen-bond donors (Lipinski definition) is 0. The summed E-state index contributed by atoms with van der Waals surface area (Å²) < 4.78 is 46.1.